The minimum atomic E-state index is -0.149. The van der Waals surface area contributed by atoms with Gasteiger partial charge in [-0.3, -0.25) is 9.78 Å². The number of carbonyl (C=O) groups excluding carboxylic acids is 1. The standard InChI is InChI=1S/C17H18Cl2N2O2/c1-10-8-20-15(11(2)16(10)23-4)9-21(3)17(22)12-5-6-13(18)14(19)7-12/h5-8H,9H2,1-4H3. The minimum absolute atomic E-state index is 0.149. The zero-order valence-electron chi connectivity index (χ0n) is 13.5. The van der Waals surface area contributed by atoms with Crippen LogP contribution in [0.4, 0.5) is 0 Å². The van der Waals surface area contributed by atoms with Gasteiger partial charge in [0, 0.05) is 29.9 Å². The molecule has 1 aromatic heterocycles. The monoisotopic (exact) mass is 352 g/mol. The lowest BCUT2D eigenvalue weighted by atomic mass is 10.1. The quantitative estimate of drug-likeness (QED) is 0.824. The van der Waals surface area contributed by atoms with Gasteiger partial charge < -0.3 is 9.64 Å². The number of aryl methyl sites for hydroxylation is 1. The normalized spacial score (nSPS) is 10.5. The summed E-state index contributed by atoms with van der Waals surface area (Å²) in [5.41, 5.74) is 3.18. The number of hydrogen-bond acceptors (Lipinski definition) is 3. The molecule has 0 aliphatic rings. The van der Waals surface area contributed by atoms with Crippen molar-refractivity contribution in [3.8, 4) is 5.75 Å². The summed E-state index contributed by atoms with van der Waals surface area (Å²) in [6, 6.07) is 4.84. The smallest absolute Gasteiger partial charge is 0.254 e. The Bertz CT molecular complexity index is 748. The number of aromatic nitrogens is 1. The molecule has 6 heteroatoms. The van der Waals surface area contributed by atoms with Crippen LogP contribution in [0.15, 0.2) is 24.4 Å². The predicted molar refractivity (Wildman–Crippen MR) is 92.5 cm³/mol. The van der Waals surface area contributed by atoms with E-state index in [0.29, 0.717) is 22.2 Å². The summed E-state index contributed by atoms with van der Waals surface area (Å²) in [5.74, 6) is 0.648. The molecule has 0 saturated heterocycles. The summed E-state index contributed by atoms with van der Waals surface area (Å²) < 4.78 is 5.40. The number of hydrogen-bond donors (Lipinski definition) is 0. The first kappa shape index (κ1) is 17.6. The second-order valence-electron chi connectivity index (χ2n) is 5.34. The molecule has 0 bridgehead atoms. The van der Waals surface area contributed by atoms with Gasteiger partial charge in [-0.25, -0.2) is 0 Å². The SMILES string of the molecule is COc1c(C)cnc(CN(C)C(=O)c2ccc(Cl)c(Cl)c2)c1C. The Balaban J connectivity index is 2.23. The summed E-state index contributed by atoms with van der Waals surface area (Å²) in [5, 5.41) is 0.781. The molecule has 0 atom stereocenters. The molecule has 0 spiro atoms. The molecule has 4 nitrogen and oxygen atoms in total. The maximum absolute atomic E-state index is 12.5. The number of rotatable bonds is 4. The van der Waals surface area contributed by atoms with Gasteiger partial charge in [0.2, 0.25) is 0 Å². The number of benzene rings is 1. The Morgan fingerprint density at radius 2 is 1.96 bits per heavy atom. The second kappa shape index (κ2) is 7.20. The predicted octanol–water partition coefficient (Wildman–Crippen LogP) is 4.29. The third-order valence-corrected chi connectivity index (χ3v) is 4.39. The van der Waals surface area contributed by atoms with Gasteiger partial charge >= 0.3 is 0 Å². The maximum atomic E-state index is 12.5. The van der Waals surface area contributed by atoms with Gasteiger partial charge in [0.1, 0.15) is 5.75 Å². The number of methoxy groups -OCH3 is 1. The molecule has 1 aromatic carbocycles. The average molecular weight is 353 g/mol. The fourth-order valence-corrected chi connectivity index (χ4v) is 2.67. The molecule has 1 heterocycles. The van der Waals surface area contributed by atoms with Crippen LogP contribution >= 0.6 is 23.2 Å². The van der Waals surface area contributed by atoms with Gasteiger partial charge in [-0.2, -0.15) is 0 Å². The molecule has 2 rings (SSSR count). The van der Waals surface area contributed by atoms with E-state index in [-0.39, 0.29) is 5.91 Å². The Morgan fingerprint density at radius 3 is 2.57 bits per heavy atom. The van der Waals surface area contributed by atoms with Gasteiger partial charge in [-0.05, 0) is 32.0 Å². The molecule has 0 aliphatic heterocycles. The van der Waals surface area contributed by atoms with E-state index in [4.69, 9.17) is 27.9 Å². The molecule has 0 N–H and O–H groups in total. The third kappa shape index (κ3) is 3.77. The number of nitrogens with zero attached hydrogens (tertiary/aromatic N) is 2. The van der Waals surface area contributed by atoms with Crippen LogP contribution in [0.3, 0.4) is 0 Å². The number of pyridine rings is 1. The van der Waals surface area contributed by atoms with E-state index >= 15 is 0 Å². The van der Waals surface area contributed by atoms with E-state index in [1.807, 2.05) is 13.8 Å². The van der Waals surface area contributed by atoms with E-state index in [1.165, 1.54) is 0 Å². The van der Waals surface area contributed by atoms with Crippen molar-refractivity contribution in [2.75, 3.05) is 14.2 Å². The van der Waals surface area contributed by atoms with E-state index in [9.17, 15) is 4.79 Å². The molecule has 1 amide bonds. The summed E-state index contributed by atoms with van der Waals surface area (Å²) in [4.78, 5) is 18.5. The van der Waals surface area contributed by atoms with E-state index < -0.39 is 0 Å². The van der Waals surface area contributed by atoms with Gasteiger partial charge in [0.25, 0.3) is 5.91 Å². The molecule has 0 saturated carbocycles. The fraction of sp³-hybridized carbons (Fsp3) is 0.294. The van der Waals surface area contributed by atoms with Crippen molar-refractivity contribution in [2.24, 2.45) is 0 Å². The zero-order valence-corrected chi connectivity index (χ0v) is 15.0. The number of halogens is 2. The van der Waals surface area contributed by atoms with Gasteiger partial charge in [-0.1, -0.05) is 23.2 Å². The van der Waals surface area contributed by atoms with Crippen molar-refractivity contribution in [3.05, 3.63) is 56.8 Å². The lowest BCUT2D eigenvalue weighted by Gasteiger charge is -2.19. The van der Waals surface area contributed by atoms with Gasteiger partial charge in [0.15, 0.2) is 0 Å². The molecule has 23 heavy (non-hydrogen) atoms. The highest BCUT2D eigenvalue weighted by atomic mass is 35.5. The Hall–Kier alpha value is -1.78. The van der Waals surface area contributed by atoms with Gasteiger partial charge in [0.05, 0.1) is 29.4 Å². The lowest BCUT2D eigenvalue weighted by molar-refractivity contribution is 0.0783. The molecule has 0 aliphatic carbocycles. The molecule has 0 radical (unpaired) electrons. The third-order valence-electron chi connectivity index (χ3n) is 3.65. The van der Waals surface area contributed by atoms with Crippen molar-refractivity contribution in [3.63, 3.8) is 0 Å². The Kier molecular flexibility index (Phi) is 5.50. The number of carbonyl (C=O) groups is 1. The van der Waals surface area contributed by atoms with E-state index in [2.05, 4.69) is 4.98 Å². The first-order chi connectivity index (χ1) is 10.8. The maximum Gasteiger partial charge on any atom is 0.254 e. The largest absolute Gasteiger partial charge is 0.496 e. The second-order valence-corrected chi connectivity index (χ2v) is 6.15. The summed E-state index contributed by atoms with van der Waals surface area (Å²) >= 11 is 11.9. The van der Waals surface area contributed by atoms with Crippen LogP contribution in [-0.2, 0) is 6.54 Å². The first-order valence-corrected chi connectivity index (χ1v) is 7.80. The summed E-state index contributed by atoms with van der Waals surface area (Å²) in [6.45, 7) is 4.25. The van der Waals surface area contributed by atoms with Crippen LogP contribution in [-0.4, -0.2) is 29.9 Å². The van der Waals surface area contributed by atoms with E-state index in [1.54, 1.807) is 43.5 Å². The summed E-state index contributed by atoms with van der Waals surface area (Å²) in [7, 11) is 3.35. The molecule has 2 aromatic rings. The average Bonchev–Trinajstić information content (AvgIpc) is 2.52. The molecule has 0 fully saturated rings. The van der Waals surface area contributed by atoms with Crippen molar-refractivity contribution in [2.45, 2.75) is 20.4 Å². The molecular weight excluding hydrogens is 335 g/mol. The van der Waals surface area contributed by atoms with Crippen molar-refractivity contribution < 1.29 is 9.53 Å². The van der Waals surface area contributed by atoms with Gasteiger partial charge in [-0.15, -0.1) is 0 Å². The molecule has 0 unspecified atom stereocenters. The van der Waals surface area contributed by atoms with Crippen molar-refractivity contribution in [1.82, 2.24) is 9.88 Å². The minimum Gasteiger partial charge on any atom is -0.496 e. The topological polar surface area (TPSA) is 42.4 Å². The van der Waals surface area contributed by atoms with Crippen LogP contribution in [0, 0.1) is 13.8 Å². The highest BCUT2D eigenvalue weighted by Crippen LogP contribution is 2.26. The van der Waals surface area contributed by atoms with Crippen molar-refractivity contribution in [1.29, 1.82) is 0 Å². The highest BCUT2D eigenvalue weighted by molar-refractivity contribution is 6.42. The molecular formula is C17H18Cl2N2O2. The Morgan fingerprint density at radius 1 is 1.26 bits per heavy atom. The zero-order chi connectivity index (χ0) is 17.1. The van der Waals surface area contributed by atoms with Crippen LogP contribution in [0.5, 0.6) is 5.75 Å². The van der Waals surface area contributed by atoms with E-state index in [0.717, 1.165) is 22.6 Å². The first-order valence-electron chi connectivity index (χ1n) is 7.04. The van der Waals surface area contributed by atoms with Crippen LogP contribution in [0.25, 0.3) is 0 Å². The Labute approximate surface area is 146 Å². The number of ether oxygens (including phenoxy) is 1. The van der Waals surface area contributed by atoms with Crippen LogP contribution in [0.2, 0.25) is 10.0 Å². The lowest BCUT2D eigenvalue weighted by Crippen LogP contribution is -2.27. The number of amides is 1. The summed E-state index contributed by atoms with van der Waals surface area (Å²) in [6.07, 6.45) is 1.75. The van der Waals surface area contributed by atoms with Crippen LogP contribution < -0.4 is 4.74 Å². The fourth-order valence-electron chi connectivity index (χ4n) is 2.38. The highest BCUT2D eigenvalue weighted by Gasteiger charge is 2.17. The van der Waals surface area contributed by atoms with Crippen LogP contribution in [0.1, 0.15) is 27.2 Å². The van der Waals surface area contributed by atoms with Crippen molar-refractivity contribution >= 4 is 29.1 Å². The molecule has 122 valence electrons.